The maximum atomic E-state index is 5.64. The molecule has 0 fully saturated rings. The molecule has 0 aromatic heterocycles. The number of hydrogen-bond donors (Lipinski definition) is 0. The van der Waals surface area contributed by atoms with Gasteiger partial charge in [-0.15, -0.1) is 0 Å². The van der Waals surface area contributed by atoms with Crippen molar-refractivity contribution >= 4 is 0 Å². The molecule has 0 rings (SSSR count). The summed E-state index contributed by atoms with van der Waals surface area (Å²) in [5, 5.41) is 0. The standard InChI is InChI=1S/C23H50NO2/c1-5-6-7-8-9-10-11-12-13-14-15-16-17-18-20-25-22-23-26-21-19-24(2,3)4/h5-23H2,1-4H3/q+1. The van der Waals surface area contributed by atoms with Crippen LogP contribution in [0.25, 0.3) is 0 Å². The van der Waals surface area contributed by atoms with Crippen molar-refractivity contribution in [3.8, 4) is 0 Å². The minimum absolute atomic E-state index is 0.735. The summed E-state index contributed by atoms with van der Waals surface area (Å²) >= 11 is 0. The van der Waals surface area contributed by atoms with Crippen molar-refractivity contribution in [2.45, 2.75) is 96.8 Å². The summed E-state index contributed by atoms with van der Waals surface area (Å²) < 4.78 is 12.2. The Hall–Kier alpha value is -0.120. The van der Waals surface area contributed by atoms with Crippen LogP contribution in [0.15, 0.2) is 0 Å². The number of hydrogen-bond acceptors (Lipinski definition) is 2. The zero-order valence-corrected chi connectivity index (χ0v) is 18.7. The average Bonchev–Trinajstić information content (AvgIpc) is 2.59. The molecule has 0 aliphatic heterocycles. The second-order valence-corrected chi connectivity index (χ2v) is 8.83. The van der Waals surface area contributed by atoms with Crippen molar-refractivity contribution < 1.29 is 14.0 Å². The van der Waals surface area contributed by atoms with Crippen molar-refractivity contribution in [1.29, 1.82) is 0 Å². The van der Waals surface area contributed by atoms with Crippen molar-refractivity contribution in [3.05, 3.63) is 0 Å². The van der Waals surface area contributed by atoms with E-state index < -0.39 is 0 Å². The van der Waals surface area contributed by atoms with E-state index in [1.54, 1.807) is 0 Å². The molecule has 0 aliphatic rings. The third kappa shape index (κ3) is 23.9. The van der Waals surface area contributed by atoms with Crippen LogP contribution < -0.4 is 0 Å². The molecular formula is C23H50NO2+. The number of quaternary nitrogens is 1. The smallest absolute Gasteiger partial charge is 0.102 e. The van der Waals surface area contributed by atoms with Gasteiger partial charge in [0.1, 0.15) is 6.54 Å². The Bertz CT molecular complexity index is 263. The first kappa shape index (κ1) is 25.9. The van der Waals surface area contributed by atoms with Crippen LogP contribution in [0.3, 0.4) is 0 Å². The molecule has 0 aromatic carbocycles. The summed E-state index contributed by atoms with van der Waals surface area (Å²) in [7, 11) is 6.57. The van der Waals surface area contributed by atoms with Gasteiger partial charge in [0.05, 0.1) is 41.0 Å². The fourth-order valence-corrected chi connectivity index (χ4v) is 3.06. The van der Waals surface area contributed by atoms with Crippen LogP contribution in [0.2, 0.25) is 0 Å². The molecular weight excluding hydrogens is 322 g/mol. The first-order valence-electron chi connectivity index (χ1n) is 11.5. The third-order valence-corrected chi connectivity index (χ3v) is 4.92. The van der Waals surface area contributed by atoms with Crippen molar-refractivity contribution in [3.63, 3.8) is 0 Å². The zero-order chi connectivity index (χ0) is 19.3. The van der Waals surface area contributed by atoms with E-state index in [0.29, 0.717) is 0 Å². The van der Waals surface area contributed by atoms with E-state index in [-0.39, 0.29) is 0 Å². The van der Waals surface area contributed by atoms with Gasteiger partial charge in [-0.3, -0.25) is 0 Å². The Morgan fingerprint density at radius 1 is 0.462 bits per heavy atom. The predicted octanol–water partition coefficient (Wildman–Crippen LogP) is 6.21. The fraction of sp³-hybridized carbons (Fsp3) is 1.00. The lowest BCUT2D eigenvalue weighted by atomic mass is 10.0. The summed E-state index contributed by atoms with van der Waals surface area (Å²) in [6.07, 6.45) is 19.7. The Kier molecular flexibility index (Phi) is 19.5. The molecule has 0 saturated heterocycles. The molecule has 0 unspecified atom stereocenters. The Morgan fingerprint density at radius 2 is 0.846 bits per heavy atom. The number of unbranched alkanes of at least 4 members (excludes halogenated alkanes) is 13. The van der Waals surface area contributed by atoms with Gasteiger partial charge >= 0.3 is 0 Å². The Morgan fingerprint density at radius 3 is 1.27 bits per heavy atom. The molecule has 26 heavy (non-hydrogen) atoms. The average molecular weight is 373 g/mol. The van der Waals surface area contributed by atoms with Gasteiger partial charge in [-0.2, -0.15) is 0 Å². The van der Waals surface area contributed by atoms with E-state index >= 15 is 0 Å². The molecule has 0 bridgehead atoms. The molecule has 0 atom stereocenters. The first-order valence-corrected chi connectivity index (χ1v) is 11.5. The summed E-state index contributed by atoms with van der Waals surface area (Å²) in [4.78, 5) is 0. The van der Waals surface area contributed by atoms with E-state index in [4.69, 9.17) is 9.47 Å². The number of rotatable bonds is 21. The molecule has 0 N–H and O–H groups in total. The molecule has 0 heterocycles. The van der Waals surface area contributed by atoms with E-state index in [9.17, 15) is 0 Å². The SMILES string of the molecule is CCCCCCCCCCCCCCCCOCCOCC[N+](C)(C)C. The summed E-state index contributed by atoms with van der Waals surface area (Å²) in [6.45, 7) is 6.55. The highest BCUT2D eigenvalue weighted by Gasteiger charge is 2.05. The number of ether oxygens (including phenoxy) is 2. The van der Waals surface area contributed by atoms with Crippen molar-refractivity contribution in [1.82, 2.24) is 0 Å². The van der Waals surface area contributed by atoms with Crippen LogP contribution in [-0.4, -0.2) is 58.6 Å². The number of likely N-dealkylation sites (N-methyl/N-ethyl adjacent to an activating group) is 1. The van der Waals surface area contributed by atoms with Crippen LogP contribution in [-0.2, 0) is 9.47 Å². The maximum absolute atomic E-state index is 5.64. The summed E-state index contributed by atoms with van der Waals surface area (Å²) in [5.74, 6) is 0. The lowest BCUT2D eigenvalue weighted by Crippen LogP contribution is -2.37. The Labute approximate surface area is 165 Å². The summed E-state index contributed by atoms with van der Waals surface area (Å²) in [5.41, 5.74) is 0. The lowest BCUT2D eigenvalue weighted by Gasteiger charge is -2.23. The summed E-state index contributed by atoms with van der Waals surface area (Å²) in [6, 6.07) is 0. The quantitative estimate of drug-likeness (QED) is 0.176. The minimum Gasteiger partial charge on any atom is -0.379 e. The number of nitrogens with zero attached hydrogens (tertiary/aromatic N) is 1. The van der Waals surface area contributed by atoms with E-state index in [1.807, 2.05) is 0 Å². The zero-order valence-electron chi connectivity index (χ0n) is 18.7. The highest BCUT2D eigenvalue weighted by atomic mass is 16.5. The highest BCUT2D eigenvalue weighted by molar-refractivity contribution is 4.49. The van der Waals surface area contributed by atoms with E-state index in [0.717, 1.165) is 37.5 Å². The molecule has 3 heteroatoms. The van der Waals surface area contributed by atoms with Crippen LogP contribution in [0.1, 0.15) is 96.8 Å². The molecule has 158 valence electrons. The second-order valence-electron chi connectivity index (χ2n) is 8.83. The first-order chi connectivity index (χ1) is 12.6. The molecule has 0 aromatic rings. The van der Waals surface area contributed by atoms with E-state index in [1.165, 1.54) is 89.9 Å². The lowest BCUT2D eigenvalue weighted by molar-refractivity contribution is -0.870. The van der Waals surface area contributed by atoms with E-state index in [2.05, 4.69) is 28.1 Å². The van der Waals surface area contributed by atoms with Gasteiger partial charge in [0.15, 0.2) is 0 Å². The van der Waals surface area contributed by atoms with Gasteiger partial charge in [-0.05, 0) is 6.42 Å². The fourth-order valence-electron chi connectivity index (χ4n) is 3.06. The molecule has 0 saturated carbocycles. The van der Waals surface area contributed by atoms with Gasteiger partial charge in [0, 0.05) is 6.61 Å². The van der Waals surface area contributed by atoms with Crippen LogP contribution in [0.5, 0.6) is 0 Å². The minimum atomic E-state index is 0.735. The van der Waals surface area contributed by atoms with Crippen LogP contribution in [0.4, 0.5) is 0 Å². The third-order valence-electron chi connectivity index (χ3n) is 4.92. The van der Waals surface area contributed by atoms with Crippen molar-refractivity contribution in [2.75, 3.05) is 54.1 Å². The predicted molar refractivity (Wildman–Crippen MR) is 115 cm³/mol. The topological polar surface area (TPSA) is 18.5 Å². The Balaban J connectivity index is 3.01. The monoisotopic (exact) mass is 372 g/mol. The van der Waals surface area contributed by atoms with Gasteiger partial charge in [0.25, 0.3) is 0 Å². The van der Waals surface area contributed by atoms with Gasteiger partial charge in [0.2, 0.25) is 0 Å². The van der Waals surface area contributed by atoms with Crippen LogP contribution in [0, 0.1) is 0 Å². The van der Waals surface area contributed by atoms with Crippen LogP contribution >= 0.6 is 0 Å². The maximum Gasteiger partial charge on any atom is 0.102 e. The second kappa shape index (κ2) is 19.6. The van der Waals surface area contributed by atoms with Gasteiger partial charge in [-0.1, -0.05) is 90.4 Å². The molecule has 0 radical (unpaired) electrons. The molecule has 0 aliphatic carbocycles. The van der Waals surface area contributed by atoms with Gasteiger partial charge in [-0.25, -0.2) is 0 Å². The normalized spacial score (nSPS) is 12.0. The molecule has 0 spiro atoms. The largest absolute Gasteiger partial charge is 0.379 e. The van der Waals surface area contributed by atoms with Crippen molar-refractivity contribution in [2.24, 2.45) is 0 Å². The molecule has 0 amide bonds. The van der Waals surface area contributed by atoms with Gasteiger partial charge < -0.3 is 14.0 Å². The highest BCUT2D eigenvalue weighted by Crippen LogP contribution is 2.12. The molecule has 3 nitrogen and oxygen atoms in total.